The van der Waals surface area contributed by atoms with E-state index in [2.05, 4.69) is 5.32 Å². The van der Waals surface area contributed by atoms with Gasteiger partial charge in [0.15, 0.2) is 0 Å². The topological polar surface area (TPSA) is 86.8 Å². The maximum atomic E-state index is 12.9. The standard InChI is InChI=1S/C23H27N3O4S/c1-2-22(27)26-14-11-17-15-18(9-10-21(17)26)23(28)24-19-7-6-8-20(16-19)31(29,30)25-12-4-3-5-13-25/h6-10,15-16H,2-5,11-14H2,1H3,(H,24,28). The van der Waals surface area contributed by atoms with Crippen molar-refractivity contribution < 1.29 is 18.0 Å². The summed E-state index contributed by atoms with van der Waals surface area (Å²) in [7, 11) is -3.57. The number of hydrogen-bond donors (Lipinski definition) is 1. The van der Waals surface area contributed by atoms with E-state index in [9.17, 15) is 18.0 Å². The highest BCUT2D eigenvalue weighted by molar-refractivity contribution is 7.89. The van der Waals surface area contributed by atoms with Crippen molar-refractivity contribution in [3.63, 3.8) is 0 Å². The van der Waals surface area contributed by atoms with Gasteiger partial charge in [0.1, 0.15) is 0 Å². The SMILES string of the molecule is CCC(=O)N1CCc2cc(C(=O)Nc3cccc(S(=O)(=O)N4CCCCC4)c3)ccc21. The molecule has 0 aromatic heterocycles. The molecule has 2 amide bonds. The van der Waals surface area contributed by atoms with Gasteiger partial charge in [0, 0.05) is 43.0 Å². The highest BCUT2D eigenvalue weighted by atomic mass is 32.2. The van der Waals surface area contributed by atoms with Crippen LogP contribution < -0.4 is 10.2 Å². The van der Waals surface area contributed by atoms with Gasteiger partial charge in [0.05, 0.1) is 4.90 Å². The van der Waals surface area contributed by atoms with Crippen LogP contribution in [0.4, 0.5) is 11.4 Å². The van der Waals surface area contributed by atoms with Crippen LogP contribution in [0.5, 0.6) is 0 Å². The number of anilines is 2. The molecule has 1 N–H and O–H groups in total. The van der Waals surface area contributed by atoms with Crippen LogP contribution in [0.15, 0.2) is 47.4 Å². The molecule has 0 bridgehead atoms. The van der Waals surface area contributed by atoms with Gasteiger partial charge in [0.2, 0.25) is 15.9 Å². The largest absolute Gasteiger partial charge is 0.322 e. The summed E-state index contributed by atoms with van der Waals surface area (Å²) in [4.78, 5) is 26.8. The van der Waals surface area contributed by atoms with Crippen LogP contribution in [0.1, 0.15) is 48.5 Å². The molecule has 0 radical (unpaired) electrons. The highest BCUT2D eigenvalue weighted by Crippen LogP contribution is 2.30. The summed E-state index contributed by atoms with van der Waals surface area (Å²) in [6, 6.07) is 11.7. The Kier molecular flexibility index (Phi) is 6.11. The minimum Gasteiger partial charge on any atom is -0.322 e. The van der Waals surface area contributed by atoms with Crippen molar-refractivity contribution in [3.8, 4) is 0 Å². The summed E-state index contributed by atoms with van der Waals surface area (Å²) >= 11 is 0. The third-order valence-corrected chi connectivity index (χ3v) is 7.78. The normalized spacial score (nSPS) is 16.7. The van der Waals surface area contributed by atoms with E-state index >= 15 is 0 Å². The molecule has 0 aliphatic carbocycles. The average molecular weight is 442 g/mol. The van der Waals surface area contributed by atoms with Gasteiger partial charge in [-0.25, -0.2) is 8.42 Å². The van der Waals surface area contributed by atoms with Gasteiger partial charge >= 0.3 is 0 Å². The molecule has 4 rings (SSSR count). The van der Waals surface area contributed by atoms with Gasteiger partial charge in [-0.2, -0.15) is 4.31 Å². The third-order valence-electron chi connectivity index (χ3n) is 5.89. The smallest absolute Gasteiger partial charge is 0.255 e. The summed E-state index contributed by atoms with van der Waals surface area (Å²) in [6.45, 7) is 3.53. The molecule has 164 valence electrons. The number of fused-ring (bicyclic) bond motifs is 1. The lowest BCUT2D eigenvalue weighted by molar-refractivity contribution is -0.118. The number of rotatable bonds is 5. The summed E-state index contributed by atoms with van der Waals surface area (Å²) in [5.41, 5.74) is 2.74. The number of piperidine rings is 1. The lowest BCUT2D eigenvalue weighted by Crippen LogP contribution is -2.35. The minimum atomic E-state index is -3.57. The average Bonchev–Trinajstić information content (AvgIpc) is 3.22. The molecule has 8 heteroatoms. The molecule has 0 atom stereocenters. The fourth-order valence-corrected chi connectivity index (χ4v) is 5.75. The number of hydrogen-bond acceptors (Lipinski definition) is 4. The molecule has 2 aliphatic heterocycles. The maximum absolute atomic E-state index is 12.9. The quantitative estimate of drug-likeness (QED) is 0.770. The Morgan fingerprint density at radius 3 is 2.52 bits per heavy atom. The fourth-order valence-electron chi connectivity index (χ4n) is 4.18. The number of nitrogens with zero attached hydrogens (tertiary/aromatic N) is 2. The van der Waals surface area contributed by atoms with Gasteiger partial charge in [0.25, 0.3) is 5.91 Å². The molecule has 31 heavy (non-hydrogen) atoms. The molecule has 0 spiro atoms. The van der Waals surface area contributed by atoms with Crippen molar-refractivity contribution in [2.75, 3.05) is 29.9 Å². The van der Waals surface area contributed by atoms with Crippen molar-refractivity contribution in [1.82, 2.24) is 4.31 Å². The molecule has 0 unspecified atom stereocenters. The first-order valence-corrected chi connectivity index (χ1v) is 12.2. The Hall–Kier alpha value is -2.71. The second kappa shape index (κ2) is 8.80. The van der Waals surface area contributed by atoms with Crippen molar-refractivity contribution >= 4 is 33.2 Å². The second-order valence-electron chi connectivity index (χ2n) is 7.94. The Morgan fingerprint density at radius 1 is 1.00 bits per heavy atom. The van der Waals surface area contributed by atoms with E-state index < -0.39 is 10.0 Å². The molecule has 0 saturated carbocycles. The molecular formula is C23H27N3O4S. The highest BCUT2D eigenvalue weighted by Gasteiger charge is 2.27. The van der Waals surface area contributed by atoms with Gasteiger partial charge in [-0.15, -0.1) is 0 Å². The fraction of sp³-hybridized carbons (Fsp3) is 0.391. The Bertz CT molecular complexity index is 1110. The predicted octanol–water partition coefficient (Wildman–Crippen LogP) is 3.41. The molecule has 1 fully saturated rings. The van der Waals surface area contributed by atoms with E-state index in [-0.39, 0.29) is 16.7 Å². The molecular weight excluding hydrogens is 414 g/mol. The second-order valence-corrected chi connectivity index (χ2v) is 9.88. The Labute approximate surface area is 183 Å². The van der Waals surface area contributed by atoms with E-state index in [1.165, 1.54) is 10.4 Å². The first-order valence-electron chi connectivity index (χ1n) is 10.7. The predicted molar refractivity (Wildman–Crippen MR) is 120 cm³/mol. The first kappa shape index (κ1) is 21.5. The number of nitrogens with one attached hydrogen (secondary N) is 1. The lowest BCUT2D eigenvalue weighted by Gasteiger charge is -2.26. The molecule has 2 aromatic carbocycles. The van der Waals surface area contributed by atoms with E-state index in [0.29, 0.717) is 43.7 Å². The summed E-state index contributed by atoms with van der Waals surface area (Å²) in [5.74, 6) is -0.238. The van der Waals surface area contributed by atoms with E-state index in [4.69, 9.17) is 0 Å². The zero-order valence-electron chi connectivity index (χ0n) is 17.6. The number of benzene rings is 2. The van der Waals surface area contributed by atoms with Crippen LogP contribution in [-0.4, -0.2) is 44.2 Å². The van der Waals surface area contributed by atoms with Crippen molar-refractivity contribution in [2.24, 2.45) is 0 Å². The van der Waals surface area contributed by atoms with Crippen LogP contribution in [0, 0.1) is 0 Å². The van der Waals surface area contributed by atoms with E-state index in [1.54, 1.807) is 29.2 Å². The number of amides is 2. The molecule has 2 aliphatic rings. The van der Waals surface area contributed by atoms with Gasteiger partial charge in [-0.3, -0.25) is 9.59 Å². The van der Waals surface area contributed by atoms with E-state index in [1.807, 2.05) is 19.1 Å². The third kappa shape index (κ3) is 4.36. The molecule has 7 nitrogen and oxygen atoms in total. The molecule has 2 heterocycles. The zero-order valence-corrected chi connectivity index (χ0v) is 18.5. The van der Waals surface area contributed by atoms with Crippen molar-refractivity contribution in [1.29, 1.82) is 0 Å². The number of sulfonamides is 1. The van der Waals surface area contributed by atoms with E-state index in [0.717, 1.165) is 30.5 Å². The van der Waals surface area contributed by atoms with Crippen LogP contribution in [0.2, 0.25) is 0 Å². The summed E-state index contributed by atoms with van der Waals surface area (Å²) < 4.78 is 27.3. The first-order chi connectivity index (χ1) is 14.9. The number of carbonyl (C=O) groups excluding carboxylic acids is 2. The van der Waals surface area contributed by atoms with Gasteiger partial charge < -0.3 is 10.2 Å². The van der Waals surface area contributed by atoms with Crippen molar-refractivity contribution in [2.45, 2.75) is 43.9 Å². The molecule has 1 saturated heterocycles. The zero-order chi connectivity index (χ0) is 22.0. The Balaban J connectivity index is 1.51. The summed E-state index contributed by atoms with van der Waals surface area (Å²) in [5, 5.41) is 2.81. The van der Waals surface area contributed by atoms with Crippen LogP contribution in [0.25, 0.3) is 0 Å². The van der Waals surface area contributed by atoms with Crippen molar-refractivity contribution in [3.05, 3.63) is 53.6 Å². The maximum Gasteiger partial charge on any atom is 0.255 e. The monoisotopic (exact) mass is 441 g/mol. The van der Waals surface area contributed by atoms with Gasteiger partial charge in [-0.05, 0) is 61.2 Å². The van der Waals surface area contributed by atoms with Crippen LogP contribution >= 0.6 is 0 Å². The molecule has 2 aromatic rings. The number of carbonyl (C=O) groups is 2. The van der Waals surface area contributed by atoms with Crippen LogP contribution in [-0.2, 0) is 21.2 Å². The Morgan fingerprint density at radius 2 is 1.77 bits per heavy atom. The summed E-state index contributed by atoms with van der Waals surface area (Å²) in [6.07, 6.45) is 3.95. The van der Waals surface area contributed by atoms with Gasteiger partial charge in [-0.1, -0.05) is 19.4 Å². The lowest BCUT2D eigenvalue weighted by atomic mass is 10.1. The van der Waals surface area contributed by atoms with Crippen LogP contribution in [0.3, 0.4) is 0 Å². The minimum absolute atomic E-state index is 0.0719.